The Morgan fingerprint density at radius 2 is 1.42 bits per heavy atom. The topological polar surface area (TPSA) is 78.8 Å². The smallest absolute Gasteiger partial charge is 0.407 e. The van der Waals surface area contributed by atoms with Crippen LogP contribution in [0.5, 0.6) is 0 Å². The molecule has 0 bridgehead atoms. The van der Waals surface area contributed by atoms with Crippen molar-refractivity contribution in [3.63, 3.8) is 0 Å². The highest BCUT2D eigenvalue weighted by Gasteiger charge is 2.29. The lowest BCUT2D eigenvalue weighted by molar-refractivity contribution is -0.0659. The molecular formula is C28H25NO4. The van der Waals surface area contributed by atoms with Gasteiger partial charge in [0.25, 0.3) is 0 Å². The highest BCUT2D eigenvalue weighted by molar-refractivity contribution is 5.83. The average Bonchev–Trinajstić information content (AvgIpc) is 3.16. The van der Waals surface area contributed by atoms with Crippen molar-refractivity contribution in [3.05, 3.63) is 108 Å². The van der Waals surface area contributed by atoms with Gasteiger partial charge in [-0.3, -0.25) is 0 Å². The molecule has 0 fully saturated rings. The minimum Gasteiger partial charge on any atom is -0.449 e. The predicted octanol–water partition coefficient (Wildman–Crippen LogP) is 4.60. The third-order valence-corrected chi connectivity index (χ3v) is 6.28. The summed E-state index contributed by atoms with van der Waals surface area (Å²) in [5.41, 5.74) is 5.46. The van der Waals surface area contributed by atoms with Crippen LogP contribution < -0.4 is 5.32 Å². The second-order valence-corrected chi connectivity index (χ2v) is 8.38. The lowest BCUT2D eigenvalue weighted by Crippen LogP contribution is -2.45. The molecule has 1 aliphatic rings. The Labute approximate surface area is 192 Å². The van der Waals surface area contributed by atoms with Gasteiger partial charge in [-0.1, -0.05) is 91.0 Å². The molecule has 1 aliphatic carbocycles. The standard InChI is InChI=1S/C28H25NO4/c30-27(31)26(16-18-13-14-19-7-1-2-8-20(19)15-18)29-28(32)33-17-25-23-11-5-3-9-21(23)22-10-4-6-12-24(22)25/h1-15,25-27,30-31H,16-17H2,(H,29,32). The second-order valence-electron chi connectivity index (χ2n) is 8.38. The summed E-state index contributed by atoms with van der Waals surface area (Å²) in [5.74, 6) is -0.0545. The first-order valence-electron chi connectivity index (χ1n) is 11.1. The summed E-state index contributed by atoms with van der Waals surface area (Å²) in [6.45, 7) is 0.171. The summed E-state index contributed by atoms with van der Waals surface area (Å²) in [4.78, 5) is 12.6. The number of alkyl carbamates (subject to hydrolysis) is 1. The first-order valence-corrected chi connectivity index (χ1v) is 11.1. The van der Waals surface area contributed by atoms with Gasteiger partial charge in [-0.2, -0.15) is 0 Å². The molecule has 1 amide bonds. The zero-order chi connectivity index (χ0) is 22.8. The third-order valence-electron chi connectivity index (χ3n) is 6.28. The molecular weight excluding hydrogens is 414 g/mol. The van der Waals surface area contributed by atoms with E-state index in [1.807, 2.05) is 66.7 Å². The van der Waals surface area contributed by atoms with Gasteiger partial charge in [-0.25, -0.2) is 4.79 Å². The van der Waals surface area contributed by atoms with Crippen molar-refractivity contribution in [1.82, 2.24) is 5.32 Å². The van der Waals surface area contributed by atoms with Crippen LogP contribution in [0.4, 0.5) is 4.79 Å². The van der Waals surface area contributed by atoms with Gasteiger partial charge in [0.05, 0.1) is 6.04 Å². The third kappa shape index (κ3) is 4.33. The average molecular weight is 440 g/mol. The number of rotatable bonds is 6. The number of benzene rings is 4. The molecule has 0 spiro atoms. The van der Waals surface area contributed by atoms with Gasteiger partial charge in [0, 0.05) is 5.92 Å². The number of ether oxygens (including phenoxy) is 1. The summed E-state index contributed by atoms with van der Waals surface area (Å²) < 4.78 is 5.56. The summed E-state index contributed by atoms with van der Waals surface area (Å²) in [7, 11) is 0. The van der Waals surface area contributed by atoms with Crippen LogP contribution in [0.2, 0.25) is 0 Å². The summed E-state index contributed by atoms with van der Waals surface area (Å²) in [6, 6.07) is 29.2. The van der Waals surface area contributed by atoms with E-state index in [0.717, 1.165) is 38.6 Å². The van der Waals surface area contributed by atoms with Crippen LogP contribution in [0.1, 0.15) is 22.6 Å². The number of amides is 1. The molecule has 5 nitrogen and oxygen atoms in total. The van der Waals surface area contributed by atoms with Crippen LogP contribution in [-0.2, 0) is 11.2 Å². The molecule has 5 rings (SSSR count). The minimum atomic E-state index is -1.71. The van der Waals surface area contributed by atoms with Gasteiger partial charge >= 0.3 is 6.09 Å². The van der Waals surface area contributed by atoms with Crippen LogP contribution in [0.15, 0.2) is 91.0 Å². The van der Waals surface area contributed by atoms with Gasteiger partial charge in [-0.05, 0) is 45.0 Å². The molecule has 0 saturated carbocycles. The lowest BCUT2D eigenvalue weighted by Gasteiger charge is -2.21. The fourth-order valence-corrected chi connectivity index (χ4v) is 4.64. The number of hydrogen-bond acceptors (Lipinski definition) is 4. The maximum absolute atomic E-state index is 12.6. The van der Waals surface area contributed by atoms with E-state index in [-0.39, 0.29) is 18.9 Å². The summed E-state index contributed by atoms with van der Waals surface area (Å²) in [6.07, 6.45) is -2.11. The Morgan fingerprint density at radius 3 is 2.09 bits per heavy atom. The number of carbonyl (C=O) groups is 1. The highest BCUT2D eigenvalue weighted by Crippen LogP contribution is 2.44. The normalized spacial score (nSPS) is 13.5. The van der Waals surface area contributed by atoms with Crippen LogP contribution in [0.25, 0.3) is 21.9 Å². The van der Waals surface area contributed by atoms with Crippen LogP contribution in [-0.4, -0.2) is 35.2 Å². The fourth-order valence-electron chi connectivity index (χ4n) is 4.64. The number of hydrogen-bond donors (Lipinski definition) is 3. The number of nitrogens with one attached hydrogen (secondary N) is 1. The van der Waals surface area contributed by atoms with Crippen LogP contribution in [0.3, 0.4) is 0 Å². The Bertz CT molecular complexity index is 1250. The Hall–Kier alpha value is -3.67. The van der Waals surface area contributed by atoms with E-state index in [1.54, 1.807) is 0 Å². The maximum Gasteiger partial charge on any atom is 0.407 e. The van der Waals surface area contributed by atoms with E-state index in [1.165, 1.54) is 0 Å². The van der Waals surface area contributed by atoms with E-state index in [0.29, 0.717) is 0 Å². The van der Waals surface area contributed by atoms with Gasteiger partial charge in [0.2, 0.25) is 0 Å². The zero-order valence-corrected chi connectivity index (χ0v) is 18.0. The number of aliphatic hydroxyl groups excluding tert-OH is 1. The van der Waals surface area contributed by atoms with Gasteiger partial charge in [0.1, 0.15) is 6.61 Å². The monoisotopic (exact) mass is 439 g/mol. The number of aliphatic hydroxyl groups is 2. The zero-order valence-electron chi connectivity index (χ0n) is 18.0. The Kier molecular flexibility index (Phi) is 5.82. The van der Waals surface area contributed by atoms with Crippen LogP contribution >= 0.6 is 0 Å². The maximum atomic E-state index is 12.6. The van der Waals surface area contributed by atoms with E-state index in [9.17, 15) is 15.0 Å². The molecule has 0 aliphatic heterocycles. The fraction of sp³-hybridized carbons (Fsp3) is 0.179. The van der Waals surface area contributed by atoms with Gasteiger partial charge in [0.15, 0.2) is 6.29 Å². The van der Waals surface area contributed by atoms with Crippen molar-refractivity contribution in [2.24, 2.45) is 0 Å². The summed E-state index contributed by atoms with van der Waals surface area (Å²) in [5, 5.41) is 24.5. The quantitative estimate of drug-likeness (QED) is 0.384. The van der Waals surface area contributed by atoms with Crippen LogP contribution in [0, 0.1) is 0 Å². The lowest BCUT2D eigenvalue weighted by atomic mass is 9.98. The summed E-state index contributed by atoms with van der Waals surface area (Å²) >= 11 is 0. The number of carbonyl (C=O) groups excluding carboxylic acids is 1. The second kappa shape index (κ2) is 9.06. The molecule has 0 heterocycles. The number of fused-ring (bicyclic) bond motifs is 4. The SMILES string of the molecule is O=C(NC(Cc1ccc2ccccc2c1)C(O)O)OCC1c2ccccc2-c2ccccc21. The first-order chi connectivity index (χ1) is 16.1. The Morgan fingerprint density at radius 1 is 0.818 bits per heavy atom. The largest absolute Gasteiger partial charge is 0.449 e. The van der Waals surface area contributed by atoms with E-state index >= 15 is 0 Å². The molecule has 166 valence electrons. The molecule has 1 atom stereocenters. The Balaban J connectivity index is 1.26. The van der Waals surface area contributed by atoms with Crippen molar-refractivity contribution < 1.29 is 19.7 Å². The van der Waals surface area contributed by atoms with Gasteiger partial charge in [-0.15, -0.1) is 0 Å². The van der Waals surface area contributed by atoms with Crippen molar-refractivity contribution in [3.8, 4) is 11.1 Å². The van der Waals surface area contributed by atoms with Crippen molar-refractivity contribution in [2.45, 2.75) is 24.7 Å². The molecule has 5 heteroatoms. The molecule has 0 saturated heterocycles. The predicted molar refractivity (Wildman–Crippen MR) is 128 cm³/mol. The van der Waals surface area contributed by atoms with E-state index in [4.69, 9.17) is 4.74 Å². The minimum absolute atomic E-state index is 0.0545. The van der Waals surface area contributed by atoms with Crippen molar-refractivity contribution >= 4 is 16.9 Å². The molecule has 0 aromatic heterocycles. The molecule has 4 aromatic rings. The van der Waals surface area contributed by atoms with Crippen molar-refractivity contribution in [2.75, 3.05) is 6.61 Å². The van der Waals surface area contributed by atoms with E-state index < -0.39 is 18.4 Å². The first kappa shape index (κ1) is 21.2. The molecule has 33 heavy (non-hydrogen) atoms. The molecule has 4 aromatic carbocycles. The highest BCUT2D eigenvalue weighted by atomic mass is 16.5. The van der Waals surface area contributed by atoms with Gasteiger partial charge < -0.3 is 20.3 Å². The molecule has 0 radical (unpaired) electrons. The van der Waals surface area contributed by atoms with Crippen molar-refractivity contribution in [1.29, 1.82) is 0 Å². The van der Waals surface area contributed by atoms with E-state index in [2.05, 4.69) is 29.6 Å². The molecule has 1 unspecified atom stereocenters. The molecule has 3 N–H and O–H groups in total.